The van der Waals surface area contributed by atoms with E-state index < -0.39 is 5.97 Å². The third kappa shape index (κ3) is 4.72. The summed E-state index contributed by atoms with van der Waals surface area (Å²) in [6, 6.07) is 20.5. The molecule has 1 aliphatic rings. The van der Waals surface area contributed by atoms with Crippen LogP contribution in [-0.2, 0) is 11.3 Å². The minimum absolute atomic E-state index is 0.130. The summed E-state index contributed by atoms with van der Waals surface area (Å²) < 4.78 is 27.0. The predicted molar refractivity (Wildman–Crippen MR) is 125 cm³/mol. The molecule has 0 aliphatic carbocycles. The van der Waals surface area contributed by atoms with E-state index in [2.05, 4.69) is 5.16 Å². The molecule has 0 spiro atoms. The van der Waals surface area contributed by atoms with E-state index in [-0.39, 0.29) is 23.5 Å². The summed E-state index contributed by atoms with van der Waals surface area (Å²) in [6.45, 7) is 0.742. The first-order valence-electron chi connectivity index (χ1n) is 10.9. The second-order valence-electron chi connectivity index (χ2n) is 7.72. The maximum absolute atomic E-state index is 13.2. The van der Waals surface area contributed by atoms with Crippen molar-refractivity contribution >= 4 is 11.8 Å². The van der Waals surface area contributed by atoms with Crippen molar-refractivity contribution in [2.24, 2.45) is 0 Å². The van der Waals surface area contributed by atoms with Gasteiger partial charge in [-0.15, -0.1) is 0 Å². The fourth-order valence-electron chi connectivity index (χ4n) is 3.69. The number of hydrogen-bond acceptors (Lipinski definition) is 8. The second-order valence-corrected chi connectivity index (χ2v) is 7.72. The molecular weight excluding hydrogens is 450 g/mol. The zero-order valence-corrected chi connectivity index (χ0v) is 18.9. The first kappa shape index (κ1) is 22.2. The minimum Gasteiger partial charge on any atom is -0.497 e. The number of carbonyl (C=O) groups excluding carboxylic acids is 2. The van der Waals surface area contributed by atoms with E-state index in [0.717, 1.165) is 11.3 Å². The zero-order chi connectivity index (χ0) is 24.2. The van der Waals surface area contributed by atoms with Gasteiger partial charge in [-0.1, -0.05) is 23.4 Å². The number of ketones is 1. The van der Waals surface area contributed by atoms with Gasteiger partial charge in [-0.2, -0.15) is 0 Å². The van der Waals surface area contributed by atoms with Crippen LogP contribution in [0.25, 0.3) is 11.3 Å². The molecule has 35 heavy (non-hydrogen) atoms. The normalized spacial score (nSPS) is 12.1. The third-order valence-electron chi connectivity index (χ3n) is 5.49. The molecule has 176 valence electrons. The van der Waals surface area contributed by atoms with Crippen LogP contribution in [0.3, 0.4) is 0 Å². The number of hydrogen-bond donors (Lipinski definition) is 0. The topological polar surface area (TPSA) is 97.1 Å². The molecule has 1 aromatic heterocycles. The lowest BCUT2D eigenvalue weighted by Crippen LogP contribution is -2.16. The van der Waals surface area contributed by atoms with Gasteiger partial charge in [-0.3, -0.25) is 4.79 Å². The SMILES string of the molecule is COc1ccc(-c2cc(COC(=O)c3ccccc3C(=O)c3ccc4c(c3)OCCO4)on2)cc1. The van der Waals surface area contributed by atoms with E-state index in [0.29, 0.717) is 41.7 Å². The van der Waals surface area contributed by atoms with Gasteiger partial charge in [0.05, 0.1) is 12.7 Å². The van der Waals surface area contributed by atoms with Crippen molar-refractivity contribution in [3.63, 3.8) is 0 Å². The fraction of sp³-hybridized carbons (Fsp3) is 0.148. The van der Waals surface area contributed by atoms with Crippen LogP contribution in [0.4, 0.5) is 0 Å². The number of fused-ring (bicyclic) bond motifs is 1. The van der Waals surface area contributed by atoms with Gasteiger partial charge in [0.1, 0.15) is 24.7 Å². The summed E-state index contributed by atoms with van der Waals surface area (Å²) in [6.07, 6.45) is 0. The highest BCUT2D eigenvalue weighted by Gasteiger charge is 2.22. The molecule has 0 atom stereocenters. The van der Waals surface area contributed by atoms with Crippen LogP contribution in [0.5, 0.6) is 17.2 Å². The van der Waals surface area contributed by atoms with E-state index in [4.69, 9.17) is 23.5 Å². The number of carbonyl (C=O) groups is 2. The number of ether oxygens (including phenoxy) is 4. The summed E-state index contributed by atoms with van der Waals surface area (Å²) in [5.74, 6) is 1.22. The molecule has 0 radical (unpaired) electrons. The van der Waals surface area contributed by atoms with E-state index in [9.17, 15) is 9.59 Å². The number of benzene rings is 3. The van der Waals surface area contributed by atoms with Crippen LogP contribution >= 0.6 is 0 Å². The van der Waals surface area contributed by atoms with Gasteiger partial charge in [0.2, 0.25) is 0 Å². The Bertz CT molecular complexity index is 1370. The van der Waals surface area contributed by atoms with E-state index in [1.54, 1.807) is 55.6 Å². The van der Waals surface area contributed by atoms with Crippen molar-refractivity contribution < 1.29 is 33.1 Å². The van der Waals surface area contributed by atoms with Crippen molar-refractivity contribution in [1.82, 2.24) is 5.16 Å². The van der Waals surface area contributed by atoms with E-state index >= 15 is 0 Å². The number of rotatable bonds is 7. The van der Waals surface area contributed by atoms with Crippen LogP contribution in [-0.4, -0.2) is 37.2 Å². The molecule has 1 aliphatic heterocycles. The molecular formula is C27H21NO7. The second kappa shape index (κ2) is 9.72. The molecule has 3 aromatic carbocycles. The fourth-order valence-corrected chi connectivity index (χ4v) is 3.69. The van der Waals surface area contributed by atoms with Crippen molar-refractivity contribution in [1.29, 1.82) is 0 Å². The molecule has 8 heteroatoms. The Hall–Kier alpha value is -4.59. The van der Waals surface area contributed by atoms with Crippen LogP contribution < -0.4 is 14.2 Å². The zero-order valence-electron chi connectivity index (χ0n) is 18.9. The lowest BCUT2D eigenvalue weighted by Gasteiger charge is -2.18. The highest BCUT2D eigenvalue weighted by atomic mass is 16.6. The molecule has 5 rings (SSSR count). The van der Waals surface area contributed by atoms with Crippen LogP contribution in [0.1, 0.15) is 32.0 Å². The predicted octanol–water partition coefficient (Wildman–Crippen LogP) is 4.71. The first-order chi connectivity index (χ1) is 17.1. The molecule has 0 fully saturated rings. The average Bonchev–Trinajstić information content (AvgIpc) is 3.40. The average molecular weight is 471 g/mol. The number of nitrogens with zero attached hydrogens (tertiary/aromatic N) is 1. The standard InChI is InChI=1S/C27H21NO7/c1-31-19-9-6-17(7-10-19)23-15-20(35-28-23)16-34-27(30)22-5-3-2-4-21(22)26(29)18-8-11-24-25(14-18)33-13-12-32-24/h2-11,14-15H,12-13,16H2,1H3. The van der Waals surface area contributed by atoms with Gasteiger partial charge < -0.3 is 23.5 Å². The Balaban J connectivity index is 1.29. The van der Waals surface area contributed by atoms with Crippen molar-refractivity contribution in [3.8, 4) is 28.5 Å². The maximum Gasteiger partial charge on any atom is 0.339 e. The lowest BCUT2D eigenvalue weighted by molar-refractivity contribution is 0.0435. The minimum atomic E-state index is -0.645. The summed E-state index contributed by atoms with van der Waals surface area (Å²) in [5, 5.41) is 4.03. The summed E-state index contributed by atoms with van der Waals surface area (Å²) in [5.41, 5.74) is 2.21. The molecule has 0 bridgehead atoms. The molecule has 8 nitrogen and oxygen atoms in total. The van der Waals surface area contributed by atoms with Gasteiger partial charge in [0.15, 0.2) is 29.6 Å². The molecule has 0 amide bonds. The van der Waals surface area contributed by atoms with Gasteiger partial charge in [-0.05, 0) is 48.5 Å². The summed E-state index contributed by atoms with van der Waals surface area (Å²) >= 11 is 0. The maximum atomic E-state index is 13.2. The number of esters is 1. The van der Waals surface area contributed by atoms with Gasteiger partial charge in [-0.25, -0.2) is 4.79 Å². The Morgan fingerprint density at radius 3 is 2.40 bits per heavy atom. The first-order valence-corrected chi connectivity index (χ1v) is 10.9. The van der Waals surface area contributed by atoms with Crippen molar-refractivity contribution in [3.05, 3.63) is 95.2 Å². The third-order valence-corrected chi connectivity index (χ3v) is 5.49. The quantitative estimate of drug-likeness (QED) is 0.282. The smallest absolute Gasteiger partial charge is 0.339 e. The van der Waals surface area contributed by atoms with Gasteiger partial charge in [0.25, 0.3) is 0 Å². The van der Waals surface area contributed by atoms with Crippen molar-refractivity contribution in [2.45, 2.75) is 6.61 Å². The Kier molecular flexibility index (Phi) is 6.17. The van der Waals surface area contributed by atoms with E-state index in [1.165, 1.54) is 0 Å². The molecule has 0 saturated carbocycles. The highest BCUT2D eigenvalue weighted by Crippen LogP contribution is 2.32. The Labute approximate surface area is 201 Å². The van der Waals surface area contributed by atoms with Gasteiger partial charge >= 0.3 is 5.97 Å². The van der Waals surface area contributed by atoms with Gasteiger partial charge in [0, 0.05) is 22.8 Å². The summed E-state index contributed by atoms with van der Waals surface area (Å²) in [7, 11) is 1.60. The highest BCUT2D eigenvalue weighted by molar-refractivity contribution is 6.14. The molecule has 0 unspecified atom stereocenters. The van der Waals surface area contributed by atoms with E-state index in [1.807, 2.05) is 24.3 Å². The largest absolute Gasteiger partial charge is 0.497 e. The monoisotopic (exact) mass is 471 g/mol. The lowest BCUT2D eigenvalue weighted by atomic mass is 9.98. The Morgan fingerprint density at radius 2 is 1.63 bits per heavy atom. The molecule has 0 saturated heterocycles. The Morgan fingerprint density at radius 1 is 0.886 bits per heavy atom. The number of aromatic nitrogens is 1. The molecule has 0 N–H and O–H groups in total. The van der Waals surface area contributed by atoms with Crippen LogP contribution in [0.15, 0.2) is 77.3 Å². The summed E-state index contributed by atoms with van der Waals surface area (Å²) in [4.78, 5) is 26.1. The van der Waals surface area contributed by atoms with Crippen LogP contribution in [0, 0.1) is 0 Å². The molecule has 4 aromatic rings. The van der Waals surface area contributed by atoms with Crippen molar-refractivity contribution in [2.75, 3.05) is 20.3 Å². The number of methoxy groups -OCH3 is 1. The molecule has 2 heterocycles. The van der Waals surface area contributed by atoms with Crippen LogP contribution in [0.2, 0.25) is 0 Å².